The maximum atomic E-state index is 13.0. The molecule has 30 heavy (non-hydrogen) atoms. The summed E-state index contributed by atoms with van der Waals surface area (Å²) in [7, 11) is 0. The second-order valence-corrected chi connectivity index (χ2v) is 8.48. The van der Waals surface area contributed by atoms with Crippen LogP contribution in [-0.4, -0.2) is 78.9 Å². The van der Waals surface area contributed by atoms with Crippen LogP contribution in [0.15, 0.2) is 24.3 Å². The van der Waals surface area contributed by atoms with Gasteiger partial charge in [-0.1, -0.05) is 26.0 Å². The standard InChI is InChI=1S/C22H31F2N3O3/c1-16(2)14-25-10-12-26(13-11-25)20(28)17-6-5-9-27(15-17)21(29)18-7-3-4-8-19(18)30-22(23)24/h3-4,7-8,16-17,22H,5-6,9-15H2,1-2H3. The highest BCUT2D eigenvalue weighted by molar-refractivity contribution is 5.97. The number of halogens is 2. The number of benzene rings is 1. The highest BCUT2D eigenvalue weighted by atomic mass is 19.3. The molecule has 1 atom stereocenters. The van der Waals surface area contributed by atoms with E-state index in [0.717, 1.165) is 26.1 Å². The predicted octanol–water partition coefficient (Wildman–Crippen LogP) is 2.94. The van der Waals surface area contributed by atoms with E-state index < -0.39 is 6.61 Å². The molecule has 0 aromatic heterocycles. The smallest absolute Gasteiger partial charge is 0.387 e. The summed E-state index contributed by atoms with van der Waals surface area (Å²) in [5, 5.41) is 0. The van der Waals surface area contributed by atoms with Crippen molar-refractivity contribution in [2.75, 3.05) is 45.8 Å². The number of amides is 2. The first-order valence-corrected chi connectivity index (χ1v) is 10.7. The molecule has 0 saturated carbocycles. The molecule has 0 aliphatic carbocycles. The summed E-state index contributed by atoms with van der Waals surface area (Å²) in [5.74, 6) is -0.0591. The number of alkyl halides is 2. The number of nitrogens with zero attached hydrogens (tertiary/aromatic N) is 3. The molecule has 0 spiro atoms. The minimum atomic E-state index is -3.00. The number of hydrogen-bond acceptors (Lipinski definition) is 4. The van der Waals surface area contributed by atoms with E-state index in [1.165, 1.54) is 12.1 Å². The molecule has 0 N–H and O–H groups in total. The van der Waals surface area contributed by atoms with Gasteiger partial charge in [0.05, 0.1) is 11.5 Å². The van der Waals surface area contributed by atoms with Gasteiger partial charge in [-0.15, -0.1) is 0 Å². The molecule has 2 aliphatic rings. The van der Waals surface area contributed by atoms with E-state index >= 15 is 0 Å². The maximum Gasteiger partial charge on any atom is 0.387 e. The fraction of sp³-hybridized carbons (Fsp3) is 0.636. The van der Waals surface area contributed by atoms with Crippen molar-refractivity contribution in [2.45, 2.75) is 33.3 Å². The quantitative estimate of drug-likeness (QED) is 0.706. The van der Waals surface area contributed by atoms with E-state index in [9.17, 15) is 18.4 Å². The number of para-hydroxylation sites is 1. The molecule has 166 valence electrons. The fourth-order valence-corrected chi connectivity index (χ4v) is 4.30. The number of rotatable bonds is 6. The number of ether oxygens (including phenoxy) is 1. The van der Waals surface area contributed by atoms with Crippen LogP contribution < -0.4 is 4.74 Å². The minimum Gasteiger partial charge on any atom is -0.434 e. The van der Waals surface area contributed by atoms with Gasteiger partial charge in [0.25, 0.3) is 5.91 Å². The lowest BCUT2D eigenvalue weighted by Gasteiger charge is -2.39. The summed E-state index contributed by atoms with van der Waals surface area (Å²) >= 11 is 0. The van der Waals surface area contributed by atoms with E-state index in [2.05, 4.69) is 23.5 Å². The van der Waals surface area contributed by atoms with Gasteiger partial charge in [0, 0.05) is 45.8 Å². The molecule has 0 radical (unpaired) electrons. The van der Waals surface area contributed by atoms with Crippen LogP contribution >= 0.6 is 0 Å². The Morgan fingerprint density at radius 1 is 1.07 bits per heavy atom. The Balaban J connectivity index is 1.60. The van der Waals surface area contributed by atoms with Crippen LogP contribution in [0.25, 0.3) is 0 Å². The largest absolute Gasteiger partial charge is 0.434 e. The average molecular weight is 424 g/mol. The summed E-state index contributed by atoms with van der Waals surface area (Å²) in [6, 6.07) is 6.02. The summed E-state index contributed by atoms with van der Waals surface area (Å²) in [6.07, 6.45) is 1.46. The SMILES string of the molecule is CC(C)CN1CCN(C(=O)C2CCCN(C(=O)c3ccccc3OC(F)F)C2)CC1. The molecule has 2 amide bonds. The van der Waals surface area contributed by atoms with Gasteiger partial charge in [0.2, 0.25) is 5.91 Å². The Kier molecular flexibility index (Phi) is 7.64. The Labute approximate surface area is 176 Å². The van der Waals surface area contributed by atoms with Crippen LogP contribution in [0.3, 0.4) is 0 Å². The Morgan fingerprint density at radius 2 is 1.77 bits per heavy atom. The van der Waals surface area contributed by atoms with Crippen molar-refractivity contribution in [3.8, 4) is 5.75 Å². The first-order chi connectivity index (χ1) is 14.3. The third-order valence-corrected chi connectivity index (χ3v) is 5.70. The van der Waals surface area contributed by atoms with Gasteiger partial charge in [-0.05, 0) is 30.9 Å². The number of piperidine rings is 1. The maximum absolute atomic E-state index is 13.0. The Bertz CT molecular complexity index is 736. The first kappa shape index (κ1) is 22.5. The van der Waals surface area contributed by atoms with E-state index in [0.29, 0.717) is 38.5 Å². The fourth-order valence-electron chi connectivity index (χ4n) is 4.30. The summed E-state index contributed by atoms with van der Waals surface area (Å²) in [5.41, 5.74) is 0.105. The van der Waals surface area contributed by atoms with Gasteiger partial charge < -0.3 is 14.5 Å². The molecule has 6 nitrogen and oxygen atoms in total. The van der Waals surface area contributed by atoms with Crippen LogP contribution in [0.2, 0.25) is 0 Å². The molecule has 2 fully saturated rings. The highest BCUT2D eigenvalue weighted by Gasteiger charge is 2.33. The second kappa shape index (κ2) is 10.2. The van der Waals surface area contributed by atoms with Crippen molar-refractivity contribution in [1.29, 1.82) is 0 Å². The van der Waals surface area contributed by atoms with E-state index in [-0.39, 0.29) is 29.0 Å². The van der Waals surface area contributed by atoms with Gasteiger partial charge >= 0.3 is 6.61 Å². The predicted molar refractivity (Wildman–Crippen MR) is 110 cm³/mol. The lowest BCUT2D eigenvalue weighted by atomic mass is 9.95. The highest BCUT2D eigenvalue weighted by Crippen LogP contribution is 2.26. The number of carbonyl (C=O) groups excluding carboxylic acids is 2. The van der Waals surface area contributed by atoms with Crippen molar-refractivity contribution < 1.29 is 23.1 Å². The average Bonchev–Trinajstić information content (AvgIpc) is 2.73. The van der Waals surface area contributed by atoms with Crippen LogP contribution in [-0.2, 0) is 4.79 Å². The number of piperazine rings is 1. The van der Waals surface area contributed by atoms with Crippen molar-refractivity contribution >= 4 is 11.8 Å². The first-order valence-electron chi connectivity index (χ1n) is 10.7. The molecule has 1 aromatic rings. The van der Waals surface area contributed by atoms with Gasteiger partial charge in [-0.25, -0.2) is 0 Å². The molecule has 0 bridgehead atoms. The van der Waals surface area contributed by atoms with Crippen molar-refractivity contribution in [1.82, 2.24) is 14.7 Å². The molecular weight excluding hydrogens is 392 g/mol. The van der Waals surface area contributed by atoms with Crippen molar-refractivity contribution in [3.05, 3.63) is 29.8 Å². The molecular formula is C22H31F2N3O3. The van der Waals surface area contributed by atoms with Gasteiger partial charge in [0.1, 0.15) is 5.75 Å². The minimum absolute atomic E-state index is 0.0915. The molecule has 2 saturated heterocycles. The van der Waals surface area contributed by atoms with Crippen molar-refractivity contribution in [2.24, 2.45) is 11.8 Å². The normalized spacial score (nSPS) is 20.7. The van der Waals surface area contributed by atoms with Gasteiger partial charge in [-0.2, -0.15) is 8.78 Å². The van der Waals surface area contributed by atoms with E-state index in [4.69, 9.17) is 0 Å². The van der Waals surface area contributed by atoms with Crippen LogP contribution in [0, 0.1) is 11.8 Å². The zero-order valence-electron chi connectivity index (χ0n) is 17.7. The zero-order chi connectivity index (χ0) is 21.7. The molecule has 3 rings (SSSR count). The van der Waals surface area contributed by atoms with Crippen LogP contribution in [0.1, 0.15) is 37.0 Å². The molecule has 1 unspecified atom stereocenters. The molecule has 2 heterocycles. The zero-order valence-corrected chi connectivity index (χ0v) is 17.7. The summed E-state index contributed by atoms with van der Waals surface area (Å²) < 4.78 is 29.9. The molecule has 2 aliphatic heterocycles. The summed E-state index contributed by atoms with van der Waals surface area (Å²) in [4.78, 5) is 31.9. The van der Waals surface area contributed by atoms with Gasteiger partial charge in [0.15, 0.2) is 0 Å². The number of hydrogen-bond donors (Lipinski definition) is 0. The van der Waals surface area contributed by atoms with Gasteiger partial charge in [-0.3, -0.25) is 14.5 Å². The molecule has 8 heteroatoms. The van der Waals surface area contributed by atoms with E-state index in [1.807, 2.05) is 4.90 Å². The van der Waals surface area contributed by atoms with E-state index in [1.54, 1.807) is 17.0 Å². The lowest BCUT2D eigenvalue weighted by Crippen LogP contribution is -2.53. The van der Waals surface area contributed by atoms with Crippen molar-refractivity contribution in [3.63, 3.8) is 0 Å². The topological polar surface area (TPSA) is 53.1 Å². The monoisotopic (exact) mass is 423 g/mol. The molecule has 1 aromatic carbocycles. The number of carbonyl (C=O) groups is 2. The Hall–Kier alpha value is -2.22. The Morgan fingerprint density at radius 3 is 2.43 bits per heavy atom. The lowest BCUT2D eigenvalue weighted by molar-refractivity contribution is -0.138. The second-order valence-electron chi connectivity index (χ2n) is 8.48. The van der Waals surface area contributed by atoms with Crippen LogP contribution in [0.5, 0.6) is 5.75 Å². The third-order valence-electron chi connectivity index (χ3n) is 5.70. The van der Waals surface area contributed by atoms with Crippen LogP contribution in [0.4, 0.5) is 8.78 Å². The third kappa shape index (κ3) is 5.68. The summed E-state index contributed by atoms with van der Waals surface area (Å²) in [6.45, 7) is 6.40. The number of likely N-dealkylation sites (tertiary alicyclic amines) is 1.